The molecule has 0 amide bonds. The molecule has 0 aliphatic carbocycles. The molecule has 0 radical (unpaired) electrons. The van der Waals surface area contributed by atoms with Crippen molar-refractivity contribution in [3.8, 4) is 5.75 Å². The number of ether oxygens (including phenoxy) is 1. The van der Waals surface area contributed by atoms with E-state index in [9.17, 15) is 12.8 Å². The lowest BCUT2D eigenvalue weighted by molar-refractivity contribution is 0.286. The molecule has 1 heterocycles. The second kappa shape index (κ2) is 4.83. The predicted molar refractivity (Wildman–Crippen MR) is 64.9 cm³/mol. The summed E-state index contributed by atoms with van der Waals surface area (Å²) in [6.07, 6.45) is 0. The van der Waals surface area contributed by atoms with E-state index >= 15 is 0 Å². The Balaban J connectivity index is 2.34. The SMILES string of the molecule is CN(C)S(=O)(=O)N1CCOc2ccc(F)cc2C1. The fourth-order valence-corrected chi connectivity index (χ4v) is 2.84. The van der Waals surface area contributed by atoms with Gasteiger partial charge in [0, 0.05) is 32.7 Å². The Morgan fingerprint density at radius 1 is 1.39 bits per heavy atom. The first-order valence-electron chi connectivity index (χ1n) is 5.50. The van der Waals surface area contributed by atoms with Gasteiger partial charge in [-0.1, -0.05) is 0 Å². The number of halogens is 1. The molecule has 0 atom stereocenters. The molecule has 0 fully saturated rings. The summed E-state index contributed by atoms with van der Waals surface area (Å²) in [5.41, 5.74) is 0.540. The lowest BCUT2D eigenvalue weighted by Crippen LogP contribution is -2.40. The van der Waals surface area contributed by atoms with Crippen LogP contribution in [0.2, 0.25) is 0 Å². The summed E-state index contributed by atoms with van der Waals surface area (Å²) in [6, 6.07) is 4.13. The molecule has 2 rings (SSSR count). The molecule has 1 aromatic carbocycles. The van der Waals surface area contributed by atoms with Gasteiger partial charge in [-0.3, -0.25) is 0 Å². The number of hydrogen-bond acceptors (Lipinski definition) is 3. The zero-order chi connectivity index (χ0) is 13.3. The van der Waals surface area contributed by atoms with Crippen LogP contribution in [-0.2, 0) is 16.8 Å². The van der Waals surface area contributed by atoms with Crippen LogP contribution >= 0.6 is 0 Å². The average molecular weight is 274 g/mol. The van der Waals surface area contributed by atoms with E-state index in [1.165, 1.54) is 36.6 Å². The molecule has 0 saturated heterocycles. The normalized spacial score (nSPS) is 17.1. The highest BCUT2D eigenvalue weighted by Crippen LogP contribution is 2.25. The van der Waals surface area contributed by atoms with Gasteiger partial charge in [-0.15, -0.1) is 0 Å². The number of fused-ring (bicyclic) bond motifs is 1. The molecule has 0 bridgehead atoms. The maximum atomic E-state index is 13.2. The molecule has 1 aliphatic heterocycles. The first-order valence-corrected chi connectivity index (χ1v) is 6.90. The van der Waals surface area contributed by atoms with E-state index < -0.39 is 16.0 Å². The van der Waals surface area contributed by atoms with Crippen LogP contribution in [0.3, 0.4) is 0 Å². The van der Waals surface area contributed by atoms with Gasteiger partial charge in [-0.05, 0) is 18.2 Å². The van der Waals surface area contributed by atoms with E-state index in [1.54, 1.807) is 0 Å². The summed E-state index contributed by atoms with van der Waals surface area (Å²) < 4.78 is 45.1. The third-order valence-corrected chi connectivity index (χ3v) is 4.64. The summed E-state index contributed by atoms with van der Waals surface area (Å²) in [4.78, 5) is 0. The van der Waals surface area contributed by atoms with Crippen molar-refractivity contribution in [1.82, 2.24) is 8.61 Å². The second-order valence-corrected chi connectivity index (χ2v) is 6.37. The largest absolute Gasteiger partial charge is 0.492 e. The molecule has 1 aromatic rings. The van der Waals surface area contributed by atoms with Gasteiger partial charge < -0.3 is 4.74 Å². The molecular formula is C11H15FN2O3S. The number of benzene rings is 1. The van der Waals surface area contributed by atoms with Gasteiger partial charge in [0.1, 0.15) is 18.2 Å². The molecule has 1 aliphatic rings. The third kappa shape index (κ3) is 2.47. The number of nitrogens with zero attached hydrogens (tertiary/aromatic N) is 2. The summed E-state index contributed by atoms with van der Waals surface area (Å²) in [5, 5.41) is 0. The maximum absolute atomic E-state index is 13.2. The van der Waals surface area contributed by atoms with Gasteiger partial charge in [0.15, 0.2) is 0 Å². The molecule has 0 spiro atoms. The Kier molecular flexibility index (Phi) is 3.56. The molecule has 0 aromatic heterocycles. The molecule has 0 unspecified atom stereocenters. The van der Waals surface area contributed by atoms with Gasteiger partial charge in [0.2, 0.25) is 0 Å². The smallest absolute Gasteiger partial charge is 0.281 e. The quantitative estimate of drug-likeness (QED) is 0.802. The summed E-state index contributed by atoms with van der Waals surface area (Å²) in [6.45, 7) is 0.621. The predicted octanol–water partition coefficient (Wildman–Crippen LogP) is 0.827. The van der Waals surface area contributed by atoms with Crippen LogP contribution in [0, 0.1) is 5.82 Å². The van der Waals surface area contributed by atoms with Gasteiger partial charge in [0.25, 0.3) is 10.2 Å². The topological polar surface area (TPSA) is 49.9 Å². The van der Waals surface area contributed by atoms with Crippen LogP contribution in [0.5, 0.6) is 5.75 Å². The Morgan fingerprint density at radius 2 is 2.11 bits per heavy atom. The molecule has 100 valence electrons. The van der Waals surface area contributed by atoms with Crippen molar-refractivity contribution in [3.05, 3.63) is 29.6 Å². The zero-order valence-electron chi connectivity index (χ0n) is 10.3. The highest BCUT2D eigenvalue weighted by Gasteiger charge is 2.27. The van der Waals surface area contributed by atoms with E-state index in [4.69, 9.17) is 4.74 Å². The Morgan fingerprint density at radius 3 is 2.78 bits per heavy atom. The van der Waals surface area contributed by atoms with Crippen molar-refractivity contribution in [2.24, 2.45) is 0 Å². The average Bonchev–Trinajstić information content (AvgIpc) is 2.50. The maximum Gasteiger partial charge on any atom is 0.281 e. The standard InChI is InChI=1S/C11H15FN2O3S/c1-13(2)18(15,16)14-5-6-17-11-4-3-10(12)7-9(11)8-14/h3-4,7H,5-6,8H2,1-2H3. The minimum atomic E-state index is -3.51. The number of rotatable bonds is 2. The van der Waals surface area contributed by atoms with Gasteiger partial charge in [-0.2, -0.15) is 17.0 Å². The van der Waals surface area contributed by atoms with Gasteiger partial charge in [0.05, 0.1) is 0 Å². The van der Waals surface area contributed by atoms with E-state index in [1.807, 2.05) is 0 Å². The summed E-state index contributed by atoms with van der Waals surface area (Å²) in [5.74, 6) is 0.134. The van der Waals surface area contributed by atoms with Crippen LogP contribution in [0.1, 0.15) is 5.56 Å². The van der Waals surface area contributed by atoms with Crippen LogP contribution in [0.25, 0.3) is 0 Å². The van der Waals surface area contributed by atoms with E-state index in [0.717, 1.165) is 4.31 Å². The van der Waals surface area contributed by atoms with E-state index in [0.29, 0.717) is 11.3 Å². The number of hydrogen-bond donors (Lipinski definition) is 0. The summed E-state index contributed by atoms with van der Waals surface area (Å²) >= 11 is 0. The Bertz CT molecular complexity index is 545. The van der Waals surface area contributed by atoms with Crippen molar-refractivity contribution in [2.75, 3.05) is 27.2 Å². The minimum Gasteiger partial charge on any atom is -0.492 e. The molecule has 7 heteroatoms. The van der Waals surface area contributed by atoms with Crippen molar-refractivity contribution in [1.29, 1.82) is 0 Å². The second-order valence-electron chi connectivity index (χ2n) is 4.22. The minimum absolute atomic E-state index is 0.119. The highest BCUT2D eigenvalue weighted by molar-refractivity contribution is 7.86. The van der Waals surface area contributed by atoms with E-state index in [2.05, 4.69) is 0 Å². The molecule has 18 heavy (non-hydrogen) atoms. The molecule has 0 N–H and O–H groups in total. The molecular weight excluding hydrogens is 259 g/mol. The highest BCUT2D eigenvalue weighted by atomic mass is 32.2. The zero-order valence-corrected chi connectivity index (χ0v) is 11.1. The van der Waals surface area contributed by atoms with Crippen LogP contribution < -0.4 is 4.74 Å². The van der Waals surface area contributed by atoms with Crippen molar-refractivity contribution >= 4 is 10.2 Å². The molecule has 0 saturated carbocycles. The summed E-state index contributed by atoms with van der Waals surface area (Å²) in [7, 11) is -0.583. The fourth-order valence-electron chi connectivity index (χ4n) is 1.77. The first kappa shape index (κ1) is 13.3. The Labute approximate surface area is 106 Å². The molecule has 5 nitrogen and oxygen atoms in total. The Hall–Kier alpha value is -1.18. The van der Waals surface area contributed by atoms with Crippen LogP contribution in [0.4, 0.5) is 4.39 Å². The van der Waals surface area contributed by atoms with Gasteiger partial charge >= 0.3 is 0 Å². The third-order valence-electron chi connectivity index (χ3n) is 2.76. The van der Waals surface area contributed by atoms with E-state index in [-0.39, 0.29) is 19.7 Å². The van der Waals surface area contributed by atoms with Crippen molar-refractivity contribution in [3.63, 3.8) is 0 Å². The van der Waals surface area contributed by atoms with Gasteiger partial charge in [-0.25, -0.2) is 4.39 Å². The first-order chi connectivity index (χ1) is 8.41. The van der Waals surface area contributed by atoms with Crippen molar-refractivity contribution < 1.29 is 17.5 Å². The van der Waals surface area contributed by atoms with Crippen LogP contribution in [0.15, 0.2) is 18.2 Å². The lowest BCUT2D eigenvalue weighted by Gasteiger charge is -2.23. The lowest BCUT2D eigenvalue weighted by atomic mass is 10.2. The van der Waals surface area contributed by atoms with Crippen molar-refractivity contribution in [2.45, 2.75) is 6.54 Å². The monoisotopic (exact) mass is 274 g/mol. The fraction of sp³-hybridized carbons (Fsp3) is 0.455. The van der Waals surface area contributed by atoms with Crippen LogP contribution in [-0.4, -0.2) is 44.3 Å².